The summed E-state index contributed by atoms with van der Waals surface area (Å²) in [5, 5.41) is 7.97. The molecule has 1 atom stereocenters. The first kappa shape index (κ1) is 16.8. The summed E-state index contributed by atoms with van der Waals surface area (Å²) in [6.45, 7) is 3.51. The first-order valence-electron chi connectivity index (χ1n) is 8.45. The minimum atomic E-state index is 0.128. The maximum absolute atomic E-state index is 12.0. The molecule has 1 N–H and O–H groups in total. The Bertz CT molecular complexity index is 659. The molecule has 1 aliphatic rings. The number of carbonyl (C=O) groups is 1. The largest absolute Gasteiger partial charge is 0.371 e. The lowest BCUT2D eigenvalue weighted by molar-refractivity contribution is -0.121. The van der Waals surface area contributed by atoms with E-state index < -0.39 is 0 Å². The molecular weight excluding hydrogens is 324 g/mol. The van der Waals surface area contributed by atoms with Crippen molar-refractivity contribution in [1.29, 1.82) is 0 Å². The zero-order valence-corrected chi connectivity index (χ0v) is 14.5. The van der Waals surface area contributed by atoms with Gasteiger partial charge in [-0.3, -0.25) is 9.48 Å². The molecule has 2 aromatic rings. The molecule has 1 aliphatic heterocycles. The van der Waals surface area contributed by atoms with Gasteiger partial charge in [-0.2, -0.15) is 5.10 Å². The van der Waals surface area contributed by atoms with Crippen LogP contribution in [-0.2, 0) is 11.3 Å². The second-order valence-corrected chi connectivity index (χ2v) is 6.69. The Morgan fingerprint density at radius 3 is 3.08 bits per heavy atom. The maximum atomic E-state index is 12.0. The van der Waals surface area contributed by atoms with Crippen molar-refractivity contribution in [3.63, 3.8) is 0 Å². The highest BCUT2D eigenvalue weighted by molar-refractivity contribution is 6.30. The highest BCUT2D eigenvalue weighted by Gasteiger charge is 2.23. The molecule has 3 rings (SSSR count). The van der Waals surface area contributed by atoms with Gasteiger partial charge in [0.15, 0.2) is 0 Å². The summed E-state index contributed by atoms with van der Waals surface area (Å²) in [5.41, 5.74) is 1.16. The van der Waals surface area contributed by atoms with E-state index in [2.05, 4.69) is 21.4 Å². The lowest BCUT2D eigenvalue weighted by Crippen LogP contribution is -2.31. The van der Waals surface area contributed by atoms with Crippen molar-refractivity contribution in [3.05, 3.63) is 47.7 Å². The molecule has 128 valence electrons. The number of carbonyl (C=O) groups excluding carboxylic acids is 1. The molecule has 1 aromatic heterocycles. The summed E-state index contributed by atoms with van der Waals surface area (Å²) >= 11 is 6.06. The summed E-state index contributed by atoms with van der Waals surface area (Å²) < 4.78 is 1.85. The van der Waals surface area contributed by atoms with Crippen molar-refractivity contribution < 1.29 is 4.79 Å². The predicted octanol–water partition coefficient (Wildman–Crippen LogP) is 2.96. The van der Waals surface area contributed by atoms with Crippen molar-refractivity contribution in [3.8, 4) is 0 Å². The Labute approximate surface area is 147 Å². The summed E-state index contributed by atoms with van der Waals surface area (Å²) in [7, 11) is 0. The maximum Gasteiger partial charge on any atom is 0.220 e. The summed E-state index contributed by atoms with van der Waals surface area (Å²) in [4.78, 5) is 14.3. The van der Waals surface area contributed by atoms with Crippen LogP contribution in [0, 0.1) is 5.92 Å². The van der Waals surface area contributed by atoms with Gasteiger partial charge in [0.05, 0.1) is 0 Å². The fourth-order valence-electron chi connectivity index (χ4n) is 3.09. The number of hydrogen-bond donors (Lipinski definition) is 1. The number of anilines is 1. The molecule has 0 aliphatic carbocycles. The average Bonchev–Trinajstić information content (AvgIpc) is 3.25. The minimum Gasteiger partial charge on any atom is -0.371 e. The number of nitrogens with zero attached hydrogens (tertiary/aromatic N) is 3. The van der Waals surface area contributed by atoms with Gasteiger partial charge in [-0.1, -0.05) is 17.7 Å². The van der Waals surface area contributed by atoms with Crippen LogP contribution in [0.15, 0.2) is 42.7 Å². The fourth-order valence-corrected chi connectivity index (χ4v) is 3.27. The number of benzene rings is 1. The van der Waals surface area contributed by atoms with Gasteiger partial charge >= 0.3 is 0 Å². The van der Waals surface area contributed by atoms with Gasteiger partial charge in [0.25, 0.3) is 0 Å². The van der Waals surface area contributed by atoms with Crippen LogP contribution in [0.4, 0.5) is 5.69 Å². The van der Waals surface area contributed by atoms with E-state index in [0.717, 1.165) is 49.7 Å². The van der Waals surface area contributed by atoms with Crippen LogP contribution in [-0.4, -0.2) is 35.3 Å². The zero-order valence-electron chi connectivity index (χ0n) is 13.7. The van der Waals surface area contributed by atoms with Crippen LogP contribution >= 0.6 is 11.6 Å². The van der Waals surface area contributed by atoms with E-state index in [-0.39, 0.29) is 5.91 Å². The van der Waals surface area contributed by atoms with E-state index >= 15 is 0 Å². The Balaban J connectivity index is 1.36. The second-order valence-electron chi connectivity index (χ2n) is 6.26. The molecule has 1 fully saturated rings. The van der Waals surface area contributed by atoms with Crippen molar-refractivity contribution in [2.45, 2.75) is 25.8 Å². The van der Waals surface area contributed by atoms with Crippen LogP contribution in [0.1, 0.15) is 19.3 Å². The van der Waals surface area contributed by atoms with Gasteiger partial charge in [0.2, 0.25) is 5.91 Å². The molecule has 0 saturated carbocycles. The van der Waals surface area contributed by atoms with Crippen molar-refractivity contribution >= 4 is 23.2 Å². The smallest absolute Gasteiger partial charge is 0.220 e. The predicted molar refractivity (Wildman–Crippen MR) is 96.2 cm³/mol. The summed E-state index contributed by atoms with van der Waals surface area (Å²) in [5.74, 6) is 0.627. The molecule has 0 unspecified atom stereocenters. The zero-order chi connectivity index (χ0) is 16.8. The lowest BCUT2D eigenvalue weighted by Gasteiger charge is -2.19. The van der Waals surface area contributed by atoms with Gasteiger partial charge in [0, 0.05) is 55.7 Å². The third kappa shape index (κ3) is 4.74. The molecule has 2 heterocycles. The number of nitrogens with one attached hydrogen (secondary N) is 1. The van der Waals surface area contributed by atoms with Gasteiger partial charge in [-0.05, 0) is 43.0 Å². The molecule has 0 spiro atoms. The summed E-state index contributed by atoms with van der Waals surface area (Å²) in [6, 6.07) is 9.85. The molecule has 1 amide bonds. The lowest BCUT2D eigenvalue weighted by atomic mass is 10.1. The number of amides is 1. The summed E-state index contributed by atoms with van der Waals surface area (Å²) in [6.07, 6.45) is 6.13. The number of aromatic nitrogens is 2. The van der Waals surface area contributed by atoms with Crippen LogP contribution in [0.5, 0.6) is 0 Å². The van der Waals surface area contributed by atoms with E-state index in [1.54, 1.807) is 6.20 Å². The van der Waals surface area contributed by atoms with Crippen LogP contribution < -0.4 is 10.2 Å². The standard InChI is InChI=1S/C18H23ClN4O/c19-16-4-1-5-17(12-16)22-11-7-15(14-22)13-20-18(24)6-2-9-23-10-3-8-21-23/h1,3-5,8,10,12,15H,2,6-7,9,11,13-14H2,(H,20,24)/t15-/m1/s1. The van der Waals surface area contributed by atoms with Crippen LogP contribution in [0.25, 0.3) is 0 Å². The number of hydrogen-bond acceptors (Lipinski definition) is 3. The first-order valence-corrected chi connectivity index (χ1v) is 8.83. The van der Waals surface area contributed by atoms with Gasteiger partial charge < -0.3 is 10.2 Å². The highest BCUT2D eigenvalue weighted by atomic mass is 35.5. The topological polar surface area (TPSA) is 50.2 Å². The van der Waals surface area contributed by atoms with Crippen LogP contribution in [0.3, 0.4) is 0 Å². The van der Waals surface area contributed by atoms with E-state index in [0.29, 0.717) is 12.3 Å². The van der Waals surface area contributed by atoms with Crippen molar-refractivity contribution in [2.24, 2.45) is 5.92 Å². The number of aryl methyl sites for hydroxylation is 1. The monoisotopic (exact) mass is 346 g/mol. The van der Waals surface area contributed by atoms with E-state index in [4.69, 9.17) is 11.6 Å². The average molecular weight is 347 g/mol. The fraction of sp³-hybridized carbons (Fsp3) is 0.444. The Hall–Kier alpha value is -2.01. The molecule has 24 heavy (non-hydrogen) atoms. The quantitative estimate of drug-likeness (QED) is 0.838. The van der Waals surface area contributed by atoms with Crippen molar-refractivity contribution in [2.75, 3.05) is 24.5 Å². The Morgan fingerprint density at radius 1 is 1.38 bits per heavy atom. The molecule has 5 nitrogen and oxygen atoms in total. The van der Waals surface area contributed by atoms with E-state index in [1.165, 1.54) is 0 Å². The number of halogens is 1. The van der Waals surface area contributed by atoms with E-state index in [1.807, 2.05) is 35.1 Å². The van der Waals surface area contributed by atoms with Crippen LogP contribution in [0.2, 0.25) is 5.02 Å². The SMILES string of the molecule is O=C(CCCn1cccn1)NC[C@H]1CCN(c2cccc(Cl)c2)C1. The van der Waals surface area contributed by atoms with Gasteiger partial charge in [0.1, 0.15) is 0 Å². The van der Waals surface area contributed by atoms with E-state index in [9.17, 15) is 4.79 Å². The molecule has 1 aromatic carbocycles. The highest BCUT2D eigenvalue weighted by Crippen LogP contribution is 2.25. The molecule has 0 bridgehead atoms. The molecule has 1 saturated heterocycles. The normalized spacial score (nSPS) is 17.2. The second kappa shape index (κ2) is 8.20. The van der Waals surface area contributed by atoms with Gasteiger partial charge in [-0.25, -0.2) is 0 Å². The molecule has 0 radical (unpaired) electrons. The first-order chi connectivity index (χ1) is 11.7. The Kier molecular flexibility index (Phi) is 5.75. The Morgan fingerprint density at radius 2 is 2.29 bits per heavy atom. The minimum absolute atomic E-state index is 0.128. The molecule has 6 heteroatoms. The third-order valence-corrected chi connectivity index (χ3v) is 4.63. The third-order valence-electron chi connectivity index (χ3n) is 4.40. The van der Waals surface area contributed by atoms with Gasteiger partial charge in [-0.15, -0.1) is 0 Å². The molecular formula is C18H23ClN4O. The number of rotatable bonds is 7. The van der Waals surface area contributed by atoms with Crippen molar-refractivity contribution in [1.82, 2.24) is 15.1 Å².